The van der Waals surface area contributed by atoms with E-state index in [4.69, 9.17) is 15.0 Å². The number of aromatic nitrogens is 1. The van der Waals surface area contributed by atoms with Gasteiger partial charge in [-0.05, 0) is 44.8 Å². The van der Waals surface area contributed by atoms with E-state index >= 15 is 0 Å². The minimum atomic E-state index is -0.447. The number of hydrogen-bond acceptors (Lipinski definition) is 6. The summed E-state index contributed by atoms with van der Waals surface area (Å²) in [6.07, 6.45) is 3.57. The van der Waals surface area contributed by atoms with Gasteiger partial charge in [-0.3, -0.25) is 0 Å². The summed E-state index contributed by atoms with van der Waals surface area (Å²) < 4.78 is 12.1. The lowest BCUT2D eigenvalue weighted by molar-refractivity contribution is 0.00578. The number of aliphatic hydroxyl groups is 1. The lowest BCUT2D eigenvalue weighted by Gasteiger charge is -2.32. The van der Waals surface area contributed by atoms with Crippen LogP contribution in [0.4, 0.5) is 5.82 Å². The molecule has 120 valence electrons. The van der Waals surface area contributed by atoms with Crippen molar-refractivity contribution in [2.45, 2.75) is 45.5 Å². The number of aliphatic hydroxyl groups excluding tert-OH is 1. The average Bonchev–Trinajstić information content (AvgIpc) is 2.66. The highest BCUT2D eigenvalue weighted by Crippen LogP contribution is 2.39. The highest BCUT2D eigenvalue weighted by molar-refractivity contribution is 7.80. The van der Waals surface area contributed by atoms with E-state index in [-0.39, 0.29) is 6.61 Å². The van der Waals surface area contributed by atoms with Crippen LogP contribution in [0, 0.1) is 0 Å². The van der Waals surface area contributed by atoms with Crippen molar-refractivity contribution in [2.75, 3.05) is 11.5 Å². The predicted molar refractivity (Wildman–Crippen MR) is 92.5 cm³/mol. The Morgan fingerprint density at radius 3 is 2.45 bits per heavy atom. The third-order valence-corrected chi connectivity index (χ3v) is 4.65. The second-order valence-electron chi connectivity index (χ2n) is 6.44. The Kier molecular flexibility index (Phi) is 4.92. The minimum absolute atomic E-state index is 0.146. The van der Waals surface area contributed by atoms with Gasteiger partial charge in [-0.2, -0.15) is 12.6 Å². The summed E-state index contributed by atoms with van der Waals surface area (Å²) in [7, 11) is -0.447. The van der Waals surface area contributed by atoms with Crippen molar-refractivity contribution < 1.29 is 14.4 Å². The van der Waals surface area contributed by atoms with Gasteiger partial charge in [0.1, 0.15) is 5.82 Å². The molecule has 1 aliphatic rings. The van der Waals surface area contributed by atoms with E-state index in [1.54, 1.807) is 12.3 Å². The van der Waals surface area contributed by atoms with Gasteiger partial charge in [0.05, 0.1) is 17.8 Å². The first-order valence-corrected chi connectivity index (χ1v) is 7.85. The summed E-state index contributed by atoms with van der Waals surface area (Å²) in [6.45, 7) is 7.90. The molecule has 1 aliphatic heterocycles. The average molecular weight is 322 g/mol. The van der Waals surface area contributed by atoms with Crippen molar-refractivity contribution in [1.82, 2.24) is 4.98 Å². The van der Waals surface area contributed by atoms with Crippen LogP contribution in [0.1, 0.15) is 38.8 Å². The number of pyridine rings is 1. The maximum Gasteiger partial charge on any atom is 0.491 e. The van der Waals surface area contributed by atoms with Crippen molar-refractivity contribution in [1.29, 1.82) is 0 Å². The van der Waals surface area contributed by atoms with Gasteiger partial charge in [0.2, 0.25) is 0 Å². The van der Waals surface area contributed by atoms with Gasteiger partial charge in [0.25, 0.3) is 0 Å². The van der Waals surface area contributed by atoms with E-state index in [1.165, 1.54) is 0 Å². The molecule has 0 bridgehead atoms. The van der Waals surface area contributed by atoms with Gasteiger partial charge in [0.15, 0.2) is 0 Å². The maximum absolute atomic E-state index is 9.28. The Bertz CT molecular complexity index is 574. The van der Waals surface area contributed by atoms with Crippen LogP contribution in [0.3, 0.4) is 0 Å². The van der Waals surface area contributed by atoms with Gasteiger partial charge < -0.3 is 20.1 Å². The lowest BCUT2D eigenvalue weighted by Crippen LogP contribution is -2.41. The zero-order valence-corrected chi connectivity index (χ0v) is 14.4. The highest BCUT2D eigenvalue weighted by atomic mass is 32.1. The van der Waals surface area contributed by atoms with Crippen molar-refractivity contribution >= 4 is 31.6 Å². The van der Waals surface area contributed by atoms with E-state index in [0.717, 1.165) is 11.0 Å². The molecule has 7 heteroatoms. The Morgan fingerprint density at radius 1 is 1.36 bits per heavy atom. The van der Waals surface area contributed by atoms with E-state index in [1.807, 2.05) is 33.8 Å². The summed E-state index contributed by atoms with van der Waals surface area (Å²) in [5.41, 5.74) is 7.24. The van der Waals surface area contributed by atoms with Crippen LogP contribution in [-0.2, 0) is 15.9 Å². The van der Waals surface area contributed by atoms with Crippen molar-refractivity contribution in [3.8, 4) is 0 Å². The van der Waals surface area contributed by atoms with E-state index < -0.39 is 18.3 Å². The van der Waals surface area contributed by atoms with E-state index in [2.05, 4.69) is 17.6 Å². The van der Waals surface area contributed by atoms with E-state index in [0.29, 0.717) is 17.1 Å². The largest absolute Gasteiger partial charge is 0.491 e. The van der Waals surface area contributed by atoms with Gasteiger partial charge in [-0.25, -0.2) is 4.98 Å². The zero-order valence-electron chi connectivity index (χ0n) is 13.5. The zero-order chi connectivity index (χ0) is 16.5. The molecule has 3 N–H and O–H groups in total. The fourth-order valence-corrected chi connectivity index (χ4v) is 2.38. The maximum atomic E-state index is 9.28. The number of nitrogens with zero attached hydrogens (tertiary/aromatic N) is 1. The number of nitrogens with two attached hydrogens (primary N) is 1. The number of nitrogen functional groups attached to an aromatic ring is 1. The molecule has 0 spiro atoms. The van der Waals surface area contributed by atoms with Crippen LogP contribution >= 0.6 is 12.6 Å². The number of anilines is 1. The Balaban J connectivity index is 2.29. The molecule has 1 saturated heterocycles. The van der Waals surface area contributed by atoms with Gasteiger partial charge in [-0.15, -0.1) is 0 Å². The first-order valence-electron chi connectivity index (χ1n) is 7.22. The van der Waals surface area contributed by atoms with E-state index in [9.17, 15) is 5.11 Å². The molecular weight excluding hydrogens is 299 g/mol. The summed E-state index contributed by atoms with van der Waals surface area (Å²) >= 11 is 4.38. The molecule has 0 radical (unpaired) electrons. The molecule has 5 nitrogen and oxygen atoms in total. The molecule has 0 aromatic carbocycles. The first-order chi connectivity index (χ1) is 10.2. The van der Waals surface area contributed by atoms with Crippen LogP contribution in [0.25, 0.3) is 6.08 Å². The predicted octanol–water partition coefficient (Wildman–Crippen LogP) is 2.10. The fourth-order valence-electron chi connectivity index (χ4n) is 2.14. The summed E-state index contributed by atoms with van der Waals surface area (Å²) in [4.78, 5) is 4.09. The topological polar surface area (TPSA) is 77.6 Å². The smallest absolute Gasteiger partial charge is 0.400 e. The number of thiol groups is 1. The molecule has 2 heterocycles. The fraction of sp³-hybridized carbons (Fsp3) is 0.533. The van der Waals surface area contributed by atoms with Crippen LogP contribution in [0.5, 0.6) is 0 Å². The summed E-state index contributed by atoms with van der Waals surface area (Å²) in [6, 6.07) is 1.80. The Hall–Kier alpha value is -1.02. The quantitative estimate of drug-likeness (QED) is 0.584. The minimum Gasteiger partial charge on any atom is -0.400 e. The number of hydrogen-bond donors (Lipinski definition) is 3. The summed E-state index contributed by atoms with van der Waals surface area (Å²) in [5.74, 6) is 0.832. The molecule has 1 aromatic heterocycles. The molecule has 0 amide bonds. The second-order valence-corrected chi connectivity index (χ2v) is 6.75. The first kappa shape index (κ1) is 17.3. The van der Waals surface area contributed by atoms with Crippen LogP contribution in [-0.4, -0.2) is 34.2 Å². The standard InChI is InChI=1S/C15H23BN2O3S/c1-14(2)15(3,4)21-16(20-14)12(9-22)6-10-5-11(8-19)13(17)18-7-10/h5-7,19,22H,8-9H2,1-4H3,(H2,17,18). The third kappa shape index (κ3) is 3.32. The van der Waals surface area contributed by atoms with Gasteiger partial charge in [0, 0.05) is 17.5 Å². The summed E-state index contributed by atoms with van der Waals surface area (Å²) in [5, 5.41) is 9.28. The lowest BCUT2D eigenvalue weighted by atomic mass is 9.78. The highest BCUT2D eigenvalue weighted by Gasteiger charge is 2.52. The van der Waals surface area contributed by atoms with Crippen molar-refractivity contribution in [3.05, 3.63) is 28.9 Å². The SMILES string of the molecule is CC1(C)OB(C(=Cc2cnc(N)c(CO)c2)CS)OC1(C)C. The Morgan fingerprint density at radius 2 is 1.95 bits per heavy atom. The van der Waals surface area contributed by atoms with Crippen LogP contribution in [0.2, 0.25) is 0 Å². The Labute approximate surface area is 137 Å². The normalized spacial score (nSPS) is 20.5. The number of rotatable bonds is 4. The molecule has 0 aliphatic carbocycles. The van der Waals surface area contributed by atoms with Gasteiger partial charge in [-0.1, -0.05) is 6.08 Å². The van der Waals surface area contributed by atoms with Crippen LogP contribution < -0.4 is 5.73 Å². The molecule has 2 rings (SSSR count). The molecule has 22 heavy (non-hydrogen) atoms. The monoisotopic (exact) mass is 322 g/mol. The van der Waals surface area contributed by atoms with Crippen LogP contribution in [0.15, 0.2) is 17.7 Å². The molecule has 0 saturated carbocycles. The third-order valence-electron chi connectivity index (χ3n) is 4.28. The second kappa shape index (κ2) is 6.24. The molecule has 1 aromatic rings. The molecular formula is C15H23BN2O3S. The van der Waals surface area contributed by atoms with Crippen molar-refractivity contribution in [3.63, 3.8) is 0 Å². The van der Waals surface area contributed by atoms with Gasteiger partial charge >= 0.3 is 7.12 Å². The molecule has 1 fully saturated rings. The molecule has 0 unspecified atom stereocenters. The van der Waals surface area contributed by atoms with Crippen molar-refractivity contribution in [2.24, 2.45) is 0 Å². The molecule has 0 atom stereocenters.